The number of unbranched alkanes of at least 4 members (excludes halogenated alkanes) is 1. The van der Waals surface area contributed by atoms with Crippen molar-refractivity contribution in [1.29, 1.82) is 0 Å². The van der Waals surface area contributed by atoms with E-state index < -0.39 is 0 Å². The van der Waals surface area contributed by atoms with Crippen LogP contribution in [0.25, 0.3) is 0 Å². The first-order valence-corrected chi connectivity index (χ1v) is 10.7. The Bertz CT molecular complexity index is 628. The zero-order valence-corrected chi connectivity index (χ0v) is 19.2. The van der Waals surface area contributed by atoms with Crippen LogP contribution in [0.4, 0.5) is 0 Å². The lowest BCUT2D eigenvalue weighted by Crippen LogP contribution is -2.06. The van der Waals surface area contributed by atoms with Gasteiger partial charge in [-0.25, -0.2) is 0 Å². The van der Waals surface area contributed by atoms with Crippen LogP contribution in [0.1, 0.15) is 58.6 Å². The van der Waals surface area contributed by atoms with E-state index in [4.69, 9.17) is 37.5 Å². The highest BCUT2D eigenvalue weighted by Gasteiger charge is 2.11. The smallest absolute Gasteiger partial charge is 0.125 e. The summed E-state index contributed by atoms with van der Waals surface area (Å²) in [6.07, 6.45) is 5.19. The third kappa shape index (κ3) is 9.20. The first-order chi connectivity index (χ1) is 13.4. The Kier molecular flexibility index (Phi) is 12.1. The molecule has 0 bridgehead atoms. The summed E-state index contributed by atoms with van der Waals surface area (Å²) in [7, 11) is 0. The lowest BCUT2D eigenvalue weighted by Gasteiger charge is -2.17. The second-order valence-electron chi connectivity index (χ2n) is 6.86. The van der Waals surface area contributed by atoms with Gasteiger partial charge < -0.3 is 14.3 Å². The predicted molar refractivity (Wildman–Crippen MR) is 119 cm³/mol. The Morgan fingerprint density at radius 3 is 2.18 bits per heavy atom. The minimum absolute atomic E-state index is 0.209. The van der Waals surface area contributed by atoms with E-state index in [1.165, 1.54) is 0 Å². The van der Waals surface area contributed by atoms with Crippen LogP contribution < -0.4 is 9.47 Å². The summed E-state index contributed by atoms with van der Waals surface area (Å²) in [5.74, 6) is 2.19. The molecule has 0 atom stereocenters. The number of nitrogens with zero attached hydrogens (tertiary/aromatic N) is 1. The van der Waals surface area contributed by atoms with E-state index in [0.29, 0.717) is 25.7 Å². The summed E-state index contributed by atoms with van der Waals surface area (Å²) in [5, 5.41) is 4.12. The van der Waals surface area contributed by atoms with Crippen LogP contribution in [0, 0.1) is 5.92 Å². The van der Waals surface area contributed by atoms with Crippen molar-refractivity contribution in [2.45, 2.75) is 60.3 Å². The van der Waals surface area contributed by atoms with E-state index in [0.717, 1.165) is 54.0 Å². The maximum Gasteiger partial charge on any atom is 0.125 e. The number of benzene rings is 1. The molecule has 1 aromatic carbocycles. The minimum atomic E-state index is 0.209. The lowest BCUT2D eigenvalue weighted by molar-refractivity contribution is 0.134. The lowest BCUT2D eigenvalue weighted by atomic mass is 10.0. The molecule has 6 heteroatoms. The fourth-order valence-corrected chi connectivity index (χ4v) is 2.54. The molecule has 0 radical (unpaired) electrons. The number of hydrogen-bond acceptors (Lipinski definition) is 4. The van der Waals surface area contributed by atoms with Crippen LogP contribution in [-0.2, 0) is 17.7 Å². The van der Waals surface area contributed by atoms with Crippen LogP contribution in [0.15, 0.2) is 27.9 Å². The Hall–Kier alpha value is -1.39. The van der Waals surface area contributed by atoms with E-state index in [1.54, 1.807) is 6.08 Å². The number of hydrogen-bond donors (Lipinski definition) is 0. The topological polar surface area (TPSA) is 40.0 Å². The molecule has 1 rings (SSSR count). The van der Waals surface area contributed by atoms with Crippen molar-refractivity contribution >= 4 is 28.9 Å². The van der Waals surface area contributed by atoms with Gasteiger partial charge >= 0.3 is 0 Å². The van der Waals surface area contributed by atoms with Gasteiger partial charge in [-0.05, 0) is 67.9 Å². The van der Waals surface area contributed by atoms with Gasteiger partial charge in [0.1, 0.15) is 29.2 Å². The fourth-order valence-electron chi connectivity index (χ4n) is 2.41. The van der Waals surface area contributed by atoms with E-state index in [1.807, 2.05) is 19.1 Å². The van der Waals surface area contributed by atoms with Crippen LogP contribution in [0.2, 0.25) is 0 Å². The molecule has 4 nitrogen and oxygen atoms in total. The van der Waals surface area contributed by atoms with E-state index >= 15 is 0 Å². The maximum atomic E-state index is 6.11. The standard InChI is InChI=1S/C22H33Cl2NO3/c1-6-18-14-20(26-13-10-21(23)24)15-19(7-2)22(18)27-11-8-9-12-28-25-17(5)16(3)4/h10,14-16H,6-9,11-13H2,1-5H3. The molecule has 0 aromatic heterocycles. The highest BCUT2D eigenvalue weighted by molar-refractivity contribution is 6.55. The Balaban J connectivity index is 2.57. The molecule has 0 spiro atoms. The van der Waals surface area contributed by atoms with Crippen LogP contribution >= 0.6 is 23.2 Å². The van der Waals surface area contributed by atoms with Crippen molar-refractivity contribution in [1.82, 2.24) is 0 Å². The second kappa shape index (κ2) is 13.7. The molecule has 1 aromatic rings. The van der Waals surface area contributed by atoms with Gasteiger partial charge in [0, 0.05) is 0 Å². The zero-order valence-electron chi connectivity index (χ0n) is 17.7. The molecule has 158 valence electrons. The monoisotopic (exact) mass is 429 g/mol. The van der Waals surface area contributed by atoms with Crippen LogP contribution in [-0.4, -0.2) is 25.5 Å². The van der Waals surface area contributed by atoms with E-state index in [2.05, 4.69) is 32.9 Å². The van der Waals surface area contributed by atoms with Gasteiger partial charge in [0.05, 0.1) is 12.3 Å². The number of ether oxygens (including phenoxy) is 2. The quantitative estimate of drug-likeness (QED) is 0.198. The van der Waals surface area contributed by atoms with E-state index in [-0.39, 0.29) is 4.49 Å². The highest BCUT2D eigenvalue weighted by Crippen LogP contribution is 2.31. The molecule has 28 heavy (non-hydrogen) atoms. The summed E-state index contributed by atoms with van der Waals surface area (Å²) in [5.41, 5.74) is 3.30. The first-order valence-electron chi connectivity index (χ1n) is 9.97. The molecule has 0 aliphatic rings. The van der Waals surface area contributed by atoms with Crippen LogP contribution in [0.3, 0.4) is 0 Å². The van der Waals surface area contributed by atoms with Gasteiger partial charge in [-0.2, -0.15) is 0 Å². The predicted octanol–water partition coefficient (Wildman–Crippen LogP) is 6.72. The summed E-state index contributed by atoms with van der Waals surface area (Å²) in [6, 6.07) is 4.05. The minimum Gasteiger partial charge on any atom is -0.493 e. The first kappa shape index (κ1) is 24.6. The van der Waals surface area contributed by atoms with Crippen molar-refractivity contribution < 1.29 is 14.3 Å². The number of aryl methyl sites for hydroxylation is 2. The summed E-state index contributed by atoms with van der Waals surface area (Å²) < 4.78 is 12.1. The molecule has 0 fully saturated rings. The van der Waals surface area contributed by atoms with Gasteiger partial charge in [-0.1, -0.05) is 56.1 Å². The average Bonchev–Trinajstić information content (AvgIpc) is 2.66. The van der Waals surface area contributed by atoms with Gasteiger partial charge in [-0.3, -0.25) is 0 Å². The van der Waals surface area contributed by atoms with Gasteiger partial charge in [0.2, 0.25) is 0 Å². The molecule has 0 saturated carbocycles. The molecule has 0 aliphatic carbocycles. The molecule has 0 aliphatic heterocycles. The molecular weight excluding hydrogens is 397 g/mol. The Morgan fingerprint density at radius 2 is 1.64 bits per heavy atom. The number of rotatable bonds is 13. The largest absolute Gasteiger partial charge is 0.493 e. The molecule has 0 amide bonds. The van der Waals surface area contributed by atoms with Gasteiger partial charge in [0.15, 0.2) is 0 Å². The van der Waals surface area contributed by atoms with Crippen molar-refractivity contribution in [3.8, 4) is 11.5 Å². The maximum absolute atomic E-state index is 6.11. The molecule has 0 heterocycles. The Morgan fingerprint density at radius 1 is 1.04 bits per heavy atom. The fraction of sp³-hybridized carbons (Fsp3) is 0.591. The van der Waals surface area contributed by atoms with Crippen molar-refractivity contribution in [3.05, 3.63) is 33.8 Å². The van der Waals surface area contributed by atoms with Crippen LogP contribution in [0.5, 0.6) is 11.5 Å². The molecule has 0 unspecified atom stereocenters. The molecule has 0 saturated heterocycles. The Labute approximate surface area is 179 Å². The third-order valence-corrected chi connectivity index (χ3v) is 4.69. The normalized spacial score (nSPS) is 11.5. The van der Waals surface area contributed by atoms with Gasteiger partial charge in [0.25, 0.3) is 0 Å². The average molecular weight is 430 g/mol. The SMILES string of the molecule is CCc1cc(OCC=C(Cl)Cl)cc(CC)c1OCCCCON=C(C)C(C)C. The summed E-state index contributed by atoms with van der Waals surface area (Å²) in [6.45, 7) is 12.0. The second-order valence-corrected chi connectivity index (χ2v) is 7.87. The highest BCUT2D eigenvalue weighted by atomic mass is 35.5. The molecular formula is C22H33Cl2NO3. The number of oxime groups is 1. The van der Waals surface area contributed by atoms with E-state index in [9.17, 15) is 0 Å². The van der Waals surface area contributed by atoms with Crippen molar-refractivity contribution in [2.24, 2.45) is 11.1 Å². The molecule has 0 N–H and O–H groups in total. The van der Waals surface area contributed by atoms with Gasteiger partial charge in [-0.15, -0.1) is 0 Å². The zero-order chi connectivity index (χ0) is 20.9. The number of halogens is 2. The summed E-state index contributed by atoms with van der Waals surface area (Å²) >= 11 is 11.3. The van der Waals surface area contributed by atoms with Crippen molar-refractivity contribution in [2.75, 3.05) is 19.8 Å². The summed E-state index contributed by atoms with van der Waals surface area (Å²) in [4.78, 5) is 5.36. The van der Waals surface area contributed by atoms with Crippen molar-refractivity contribution in [3.63, 3.8) is 0 Å². The third-order valence-electron chi connectivity index (χ3n) is 4.39.